The molecule has 7 heteroatoms. The first kappa shape index (κ1) is 20.1. The molecule has 28 heavy (non-hydrogen) atoms. The van der Waals surface area contributed by atoms with Crippen LogP contribution in [-0.2, 0) is 38.9 Å². The Morgan fingerprint density at radius 2 is 1.57 bits per heavy atom. The number of aryl methyl sites for hydroxylation is 2. The summed E-state index contributed by atoms with van der Waals surface area (Å²) in [5, 5.41) is 0. The molecule has 0 amide bonds. The molecule has 2 bridgehead atoms. The Morgan fingerprint density at radius 3 is 2.11 bits per heavy atom. The fraction of sp³-hybridized carbons (Fsp3) is 0.476. The highest BCUT2D eigenvalue weighted by Gasteiger charge is 2.70. The summed E-state index contributed by atoms with van der Waals surface area (Å²) >= 11 is 0. The second-order valence-corrected chi connectivity index (χ2v) is 6.98. The zero-order valence-electron chi connectivity index (χ0n) is 16.7. The van der Waals surface area contributed by atoms with Crippen molar-refractivity contribution >= 4 is 17.9 Å². The number of hydrogen-bond donors (Lipinski definition) is 0. The zero-order chi connectivity index (χ0) is 20.7. The van der Waals surface area contributed by atoms with E-state index in [-0.39, 0.29) is 24.2 Å². The third kappa shape index (κ3) is 2.57. The van der Waals surface area contributed by atoms with Crippen LogP contribution in [0.5, 0.6) is 0 Å². The van der Waals surface area contributed by atoms with E-state index in [0.717, 1.165) is 16.7 Å². The Bertz CT molecular complexity index is 864. The number of fused-ring (bicyclic) bond motifs is 2. The predicted octanol–water partition coefficient (Wildman–Crippen LogP) is 2.27. The first-order chi connectivity index (χ1) is 13.3. The van der Waals surface area contributed by atoms with Crippen LogP contribution in [0.15, 0.2) is 29.3 Å². The molecule has 2 aliphatic heterocycles. The van der Waals surface area contributed by atoms with Crippen LogP contribution in [0.25, 0.3) is 0 Å². The van der Waals surface area contributed by atoms with Crippen LogP contribution in [0.1, 0.15) is 36.5 Å². The van der Waals surface area contributed by atoms with Crippen molar-refractivity contribution in [2.75, 3.05) is 20.8 Å². The summed E-state index contributed by atoms with van der Waals surface area (Å²) < 4.78 is 21.4. The third-order valence-corrected chi connectivity index (χ3v) is 5.50. The smallest absolute Gasteiger partial charge is 0.343 e. The maximum atomic E-state index is 12.9. The number of rotatable bonds is 5. The van der Waals surface area contributed by atoms with Gasteiger partial charge >= 0.3 is 17.9 Å². The summed E-state index contributed by atoms with van der Waals surface area (Å²) in [6.07, 6.45) is 0.535. The van der Waals surface area contributed by atoms with Crippen molar-refractivity contribution in [3.63, 3.8) is 0 Å². The zero-order valence-corrected chi connectivity index (χ0v) is 16.7. The first-order valence-electron chi connectivity index (χ1n) is 9.15. The lowest BCUT2D eigenvalue weighted by molar-refractivity contribution is -0.170. The normalized spacial score (nSPS) is 25.6. The Labute approximate surface area is 163 Å². The highest BCUT2D eigenvalue weighted by Crippen LogP contribution is 2.61. The molecule has 2 heterocycles. The average molecular weight is 388 g/mol. The van der Waals surface area contributed by atoms with Gasteiger partial charge in [-0.05, 0) is 50.3 Å². The summed E-state index contributed by atoms with van der Waals surface area (Å²) in [5.41, 5.74) is -0.576. The Kier molecular flexibility index (Phi) is 5.06. The molecule has 0 saturated carbocycles. The van der Waals surface area contributed by atoms with Gasteiger partial charge in [-0.25, -0.2) is 14.4 Å². The van der Waals surface area contributed by atoms with Crippen LogP contribution in [0, 0.1) is 13.8 Å². The third-order valence-electron chi connectivity index (χ3n) is 5.50. The van der Waals surface area contributed by atoms with Gasteiger partial charge in [-0.2, -0.15) is 0 Å². The van der Waals surface area contributed by atoms with Gasteiger partial charge in [0, 0.05) is 0 Å². The van der Waals surface area contributed by atoms with Crippen molar-refractivity contribution in [3.8, 4) is 0 Å². The Morgan fingerprint density at radius 1 is 1.00 bits per heavy atom. The predicted molar refractivity (Wildman–Crippen MR) is 98.3 cm³/mol. The van der Waals surface area contributed by atoms with Crippen molar-refractivity contribution in [1.82, 2.24) is 0 Å². The maximum absolute atomic E-state index is 12.9. The first-order valence-corrected chi connectivity index (χ1v) is 9.15. The molecule has 2 atom stereocenters. The van der Waals surface area contributed by atoms with Gasteiger partial charge in [0.15, 0.2) is 5.60 Å². The van der Waals surface area contributed by atoms with Gasteiger partial charge in [-0.3, -0.25) is 0 Å². The summed E-state index contributed by atoms with van der Waals surface area (Å²) in [5.74, 6) is -2.24. The molecule has 0 radical (unpaired) electrons. The van der Waals surface area contributed by atoms with Crippen LogP contribution in [0.4, 0.5) is 0 Å². The second-order valence-electron chi connectivity index (χ2n) is 6.98. The standard InChI is InChI=1S/C21H24O7/c1-6-27-19(24)21-11-10-20(28-21,14-12(2)8-7-9-13(14)3)15(17(22)25-4)16(21)18(23)26-5/h7-9H,6,10-11H2,1-5H3. The fourth-order valence-corrected chi connectivity index (χ4v) is 4.49. The molecule has 0 aliphatic carbocycles. The number of carbonyl (C=O) groups excluding carboxylic acids is 3. The molecule has 1 aromatic rings. The molecule has 2 unspecified atom stereocenters. The molecule has 0 N–H and O–H groups in total. The van der Waals surface area contributed by atoms with Crippen molar-refractivity contribution in [2.24, 2.45) is 0 Å². The summed E-state index contributed by atoms with van der Waals surface area (Å²) in [6, 6.07) is 5.70. The van der Waals surface area contributed by atoms with Gasteiger partial charge < -0.3 is 18.9 Å². The second kappa shape index (κ2) is 7.05. The van der Waals surface area contributed by atoms with Gasteiger partial charge in [0.05, 0.1) is 32.0 Å². The Hall–Kier alpha value is -2.67. The number of esters is 3. The maximum Gasteiger partial charge on any atom is 0.343 e. The quantitative estimate of drug-likeness (QED) is 0.565. The van der Waals surface area contributed by atoms with Gasteiger partial charge in [-0.15, -0.1) is 0 Å². The minimum Gasteiger partial charge on any atom is -0.466 e. The van der Waals surface area contributed by atoms with E-state index in [1.54, 1.807) is 6.92 Å². The summed E-state index contributed by atoms with van der Waals surface area (Å²) in [4.78, 5) is 38.5. The molecule has 7 nitrogen and oxygen atoms in total. The van der Waals surface area contributed by atoms with Crippen molar-refractivity contribution in [2.45, 2.75) is 44.8 Å². The molecule has 1 fully saturated rings. The van der Waals surface area contributed by atoms with E-state index in [1.807, 2.05) is 32.0 Å². The van der Waals surface area contributed by atoms with Crippen molar-refractivity contribution in [1.29, 1.82) is 0 Å². The average Bonchev–Trinajstić information content (AvgIpc) is 3.20. The molecule has 1 saturated heterocycles. The highest BCUT2D eigenvalue weighted by molar-refractivity contribution is 6.10. The monoisotopic (exact) mass is 388 g/mol. The van der Waals surface area contributed by atoms with E-state index >= 15 is 0 Å². The van der Waals surface area contributed by atoms with Crippen LogP contribution >= 0.6 is 0 Å². The van der Waals surface area contributed by atoms with E-state index in [2.05, 4.69) is 0 Å². The van der Waals surface area contributed by atoms with Gasteiger partial charge in [-0.1, -0.05) is 18.2 Å². The lowest BCUT2D eigenvalue weighted by Crippen LogP contribution is -2.43. The summed E-state index contributed by atoms with van der Waals surface area (Å²) in [7, 11) is 2.42. The van der Waals surface area contributed by atoms with Crippen LogP contribution in [-0.4, -0.2) is 44.3 Å². The van der Waals surface area contributed by atoms with E-state index < -0.39 is 29.1 Å². The van der Waals surface area contributed by atoms with E-state index in [9.17, 15) is 14.4 Å². The van der Waals surface area contributed by atoms with Gasteiger partial charge in [0.25, 0.3) is 0 Å². The minimum atomic E-state index is -1.69. The molecule has 1 aromatic carbocycles. The molecule has 2 aliphatic rings. The van der Waals surface area contributed by atoms with Gasteiger partial charge in [0.2, 0.25) is 0 Å². The highest BCUT2D eigenvalue weighted by atomic mass is 16.6. The van der Waals surface area contributed by atoms with Crippen LogP contribution in [0.2, 0.25) is 0 Å². The van der Waals surface area contributed by atoms with E-state index in [4.69, 9.17) is 18.9 Å². The van der Waals surface area contributed by atoms with Crippen LogP contribution < -0.4 is 0 Å². The summed E-state index contributed by atoms with van der Waals surface area (Å²) in [6.45, 7) is 5.58. The van der Waals surface area contributed by atoms with E-state index in [1.165, 1.54) is 14.2 Å². The molecular formula is C21H24O7. The van der Waals surface area contributed by atoms with Crippen LogP contribution in [0.3, 0.4) is 0 Å². The van der Waals surface area contributed by atoms with E-state index in [0.29, 0.717) is 6.42 Å². The topological polar surface area (TPSA) is 88.1 Å². The number of hydrogen-bond acceptors (Lipinski definition) is 7. The number of methoxy groups -OCH3 is 2. The van der Waals surface area contributed by atoms with Crippen molar-refractivity contribution < 1.29 is 33.3 Å². The molecule has 0 aromatic heterocycles. The minimum absolute atomic E-state index is 0.0125. The largest absolute Gasteiger partial charge is 0.466 e. The lowest BCUT2D eigenvalue weighted by atomic mass is 9.71. The molecule has 0 spiro atoms. The van der Waals surface area contributed by atoms with Crippen molar-refractivity contribution in [3.05, 3.63) is 46.0 Å². The lowest BCUT2D eigenvalue weighted by Gasteiger charge is -2.31. The molecule has 3 rings (SSSR count). The molecular weight excluding hydrogens is 364 g/mol. The fourth-order valence-electron chi connectivity index (χ4n) is 4.49. The number of benzene rings is 1. The molecule has 150 valence electrons. The SMILES string of the molecule is CCOC(=O)C12CCC(c3c(C)cccc3C)(O1)C(C(=O)OC)=C2C(=O)OC. The Balaban J connectivity index is 2.37. The number of carbonyl (C=O) groups is 3. The van der Waals surface area contributed by atoms with Gasteiger partial charge in [0.1, 0.15) is 5.60 Å². The number of ether oxygens (including phenoxy) is 4.